The fourth-order valence-electron chi connectivity index (χ4n) is 3.54. The van der Waals surface area contributed by atoms with Gasteiger partial charge in [-0.3, -0.25) is 0 Å². The van der Waals surface area contributed by atoms with E-state index in [1.807, 2.05) is 0 Å². The molecule has 0 aliphatic rings. The Morgan fingerprint density at radius 2 is 1.12 bits per heavy atom. The molecule has 3 aromatic carbocycles. The molecule has 0 fully saturated rings. The van der Waals surface area contributed by atoms with Gasteiger partial charge in [-0.1, -0.05) is 0 Å². The first-order valence-electron chi connectivity index (χ1n) is 9.55. The van der Waals surface area contributed by atoms with Gasteiger partial charge in [0, 0.05) is 0 Å². The first-order chi connectivity index (χ1) is 12.1. The summed E-state index contributed by atoms with van der Waals surface area (Å²) in [7, 11) is -2.28. The fourth-order valence-corrected chi connectivity index (χ4v) is 25.8. The second-order valence-corrected chi connectivity index (χ2v) is 27.9. The Kier molecular flexibility index (Phi) is 5.71. The maximum absolute atomic E-state index is 7.03. The van der Waals surface area contributed by atoms with Crippen LogP contribution in [0.15, 0.2) is 54.6 Å². The van der Waals surface area contributed by atoms with Gasteiger partial charge in [-0.15, -0.1) is 0 Å². The van der Waals surface area contributed by atoms with Crippen LogP contribution < -0.4 is 3.76 Å². The van der Waals surface area contributed by atoms with Crippen molar-refractivity contribution < 1.29 is 3.76 Å². The van der Waals surface area contributed by atoms with Crippen LogP contribution in [0.1, 0.15) is 0 Å². The van der Waals surface area contributed by atoms with Crippen LogP contribution >= 0.6 is 0 Å². The van der Waals surface area contributed by atoms with E-state index in [0.29, 0.717) is 0 Å². The van der Waals surface area contributed by atoms with Crippen molar-refractivity contribution in [1.82, 2.24) is 0 Å². The molecule has 0 atom stereocenters. The number of rotatable bonds is 6. The molecule has 137 valence electrons. The predicted octanol–water partition coefficient (Wildman–Crippen LogP) is 7.12. The van der Waals surface area contributed by atoms with Crippen molar-refractivity contribution in [3.05, 3.63) is 54.6 Å². The summed E-state index contributed by atoms with van der Waals surface area (Å²) in [6.07, 6.45) is 0. The van der Waals surface area contributed by atoms with Crippen LogP contribution in [-0.4, -0.2) is 30.8 Å². The number of fused-ring (bicyclic) bond motifs is 2. The molecule has 26 heavy (non-hydrogen) atoms. The van der Waals surface area contributed by atoms with Gasteiger partial charge in [0.05, 0.1) is 0 Å². The molecule has 0 saturated heterocycles. The van der Waals surface area contributed by atoms with E-state index >= 15 is 0 Å². The standard InChI is InChI=1S/C22H31GeOSi2/c1-25(2,3)16-23(17-26(4,5)6)24-22-20-13-9-7-11-18(20)15-19-12-8-10-14-21(19)22/h7-15H,16-17H2,1-6H3. The Labute approximate surface area is 165 Å². The zero-order chi connectivity index (χ0) is 18.9. The summed E-state index contributed by atoms with van der Waals surface area (Å²) in [6.45, 7) is 15.0. The third kappa shape index (κ3) is 5.02. The molecule has 0 N–H and O–H groups in total. The molecular formula is C22H31GeOSi2. The van der Waals surface area contributed by atoms with Gasteiger partial charge >= 0.3 is 166 Å². The molecule has 0 amide bonds. The van der Waals surface area contributed by atoms with Gasteiger partial charge in [-0.2, -0.15) is 0 Å². The van der Waals surface area contributed by atoms with Gasteiger partial charge in [0.1, 0.15) is 0 Å². The van der Waals surface area contributed by atoms with E-state index in [9.17, 15) is 0 Å². The molecule has 4 heteroatoms. The van der Waals surface area contributed by atoms with Crippen molar-refractivity contribution in [3.63, 3.8) is 0 Å². The van der Waals surface area contributed by atoms with Crippen molar-refractivity contribution in [2.24, 2.45) is 0 Å². The molecule has 0 bridgehead atoms. The average molecular weight is 440 g/mol. The molecule has 0 aromatic heterocycles. The zero-order valence-electron chi connectivity index (χ0n) is 17.0. The summed E-state index contributed by atoms with van der Waals surface area (Å²) in [5, 5.41) is 5.14. The molecule has 0 aliphatic carbocycles. The SMILES string of the molecule is C[Si](C)(C)[CH2][Ge]([CH2][Si](C)(C)C)[O]c1c2ccccc2cc2ccccc12. The van der Waals surface area contributed by atoms with Crippen molar-refractivity contribution in [1.29, 1.82) is 0 Å². The molecule has 0 saturated carbocycles. The van der Waals surface area contributed by atoms with Crippen LogP contribution in [0.3, 0.4) is 0 Å². The van der Waals surface area contributed by atoms with E-state index in [0.717, 1.165) is 5.75 Å². The fraction of sp³-hybridized carbons (Fsp3) is 0.364. The summed E-state index contributed by atoms with van der Waals surface area (Å²) in [4.78, 5) is 2.77. The van der Waals surface area contributed by atoms with Crippen LogP contribution in [-0.2, 0) is 0 Å². The Bertz CT molecular complexity index is 839. The normalized spacial score (nSPS) is 12.9. The third-order valence-corrected chi connectivity index (χ3v) is 26.7. The monoisotopic (exact) mass is 441 g/mol. The molecule has 3 aromatic rings. The molecule has 0 aliphatic heterocycles. The zero-order valence-corrected chi connectivity index (χ0v) is 21.1. The Morgan fingerprint density at radius 3 is 1.54 bits per heavy atom. The number of hydrogen-bond donors (Lipinski definition) is 0. The van der Waals surface area contributed by atoms with Crippen LogP contribution in [0.25, 0.3) is 21.5 Å². The summed E-state index contributed by atoms with van der Waals surface area (Å²) >= 11 is -1.63. The minimum atomic E-state index is -1.63. The molecule has 1 radical (unpaired) electrons. The first kappa shape index (κ1) is 19.7. The van der Waals surface area contributed by atoms with Crippen LogP contribution in [0.4, 0.5) is 0 Å². The van der Waals surface area contributed by atoms with E-state index < -0.39 is 30.8 Å². The second-order valence-electron chi connectivity index (χ2n) is 9.76. The minimum absolute atomic E-state index is 1.14. The quantitative estimate of drug-likeness (QED) is 0.293. The van der Waals surface area contributed by atoms with Gasteiger partial charge in [-0.05, 0) is 0 Å². The average Bonchev–Trinajstić information content (AvgIpc) is 2.51. The van der Waals surface area contributed by atoms with E-state index in [2.05, 4.69) is 93.9 Å². The van der Waals surface area contributed by atoms with Gasteiger partial charge in [0.25, 0.3) is 0 Å². The topological polar surface area (TPSA) is 9.23 Å². The van der Waals surface area contributed by atoms with E-state index in [-0.39, 0.29) is 0 Å². The Balaban J connectivity index is 2.11. The van der Waals surface area contributed by atoms with Gasteiger partial charge in [0.15, 0.2) is 0 Å². The van der Waals surface area contributed by atoms with Gasteiger partial charge in [0.2, 0.25) is 0 Å². The van der Waals surface area contributed by atoms with E-state index in [1.54, 1.807) is 0 Å². The molecule has 3 rings (SSSR count). The summed E-state index contributed by atoms with van der Waals surface area (Å²) < 4.78 is 7.03. The van der Waals surface area contributed by atoms with Crippen LogP contribution in [0.5, 0.6) is 5.75 Å². The van der Waals surface area contributed by atoms with E-state index in [4.69, 9.17) is 3.76 Å². The predicted molar refractivity (Wildman–Crippen MR) is 124 cm³/mol. The maximum atomic E-state index is 7.03. The van der Waals surface area contributed by atoms with Crippen molar-refractivity contribution in [2.45, 2.75) is 49.0 Å². The molecular weight excluding hydrogens is 409 g/mol. The van der Waals surface area contributed by atoms with Crippen LogP contribution in [0.2, 0.25) is 49.0 Å². The third-order valence-electron chi connectivity index (χ3n) is 4.42. The molecule has 0 heterocycles. The summed E-state index contributed by atoms with van der Waals surface area (Å²) in [6, 6.07) is 19.7. The molecule has 0 unspecified atom stereocenters. The summed E-state index contributed by atoms with van der Waals surface area (Å²) in [5.74, 6) is 1.16. The first-order valence-corrected chi connectivity index (χ1v) is 20.8. The van der Waals surface area contributed by atoms with Gasteiger partial charge < -0.3 is 0 Å². The van der Waals surface area contributed by atoms with E-state index in [1.165, 1.54) is 31.3 Å². The molecule has 1 nitrogen and oxygen atoms in total. The number of benzene rings is 3. The van der Waals surface area contributed by atoms with Crippen molar-refractivity contribution in [3.8, 4) is 5.75 Å². The van der Waals surface area contributed by atoms with Crippen LogP contribution in [0, 0.1) is 0 Å². The second kappa shape index (κ2) is 7.53. The number of hydrogen-bond acceptors (Lipinski definition) is 1. The Hall–Kier alpha value is -1.04. The Morgan fingerprint density at radius 1 is 0.692 bits per heavy atom. The van der Waals surface area contributed by atoms with Crippen molar-refractivity contribution in [2.75, 3.05) is 0 Å². The van der Waals surface area contributed by atoms with Crippen molar-refractivity contribution >= 4 is 52.4 Å². The summed E-state index contributed by atoms with van der Waals surface area (Å²) in [5.41, 5.74) is 0. The molecule has 0 spiro atoms. The van der Waals surface area contributed by atoms with Gasteiger partial charge in [-0.25, -0.2) is 0 Å².